The fraction of sp³-hybridized carbons (Fsp3) is 0.514. The monoisotopic (exact) mass is 649 g/mol. The van der Waals surface area contributed by atoms with Crippen molar-refractivity contribution in [3.05, 3.63) is 63.3 Å². The van der Waals surface area contributed by atoms with E-state index < -0.39 is 11.8 Å². The number of allylic oxidation sites excluding steroid dienone is 2. The third-order valence-electron chi connectivity index (χ3n) is 8.35. The molecule has 0 aromatic heterocycles. The molecule has 1 aliphatic carbocycles. The molecule has 7 nitrogen and oxygen atoms in total. The van der Waals surface area contributed by atoms with Gasteiger partial charge in [-0.1, -0.05) is 39.3 Å². The highest BCUT2D eigenvalue weighted by Crippen LogP contribution is 2.48. The first kappa shape index (κ1) is 32.8. The molecule has 2 aromatic rings. The minimum absolute atomic E-state index is 0.106. The zero-order chi connectivity index (χ0) is 30.9. The molecule has 1 heterocycles. The SMILES string of the molecule is CCCC1CC(=O)C2=C(C1)N=C(C)C(C#N)C2c1cc(Br)c(OCc2cccc(OCCN(CC)CC)c2)c(OCC)c1. The number of ketones is 1. The quantitative estimate of drug-likeness (QED) is 0.207. The van der Waals surface area contributed by atoms with Gasteiger partial charge in [0, 0.05) is 35.9 Å². The highest BCUT2D eigenvalue weighted by molar-refractivity contribution is 9.10. The lowest BCUT2D eigenvalue weighted by Crippen LogP contribution is -2.32. The van der Waals surface area contributed by atoms with Gasteiger partial charge >= 0.3 is 0 Å². The number of Topliss-reactive ketones (excluding diaryl/α,β-unsaturated/α-hetero) is 1. The van der Waals surface area contributed by atoms with Gasteiger partial charge in [-0.2, -0.15) is 5.26 Å². The summed E-state index contributed by atoms with van der Waals surface area (Å²) in [4.78, 5) is 20.6. The van der Waals surface area contributed by atoms with Gasteiger partial charge in [-0.05, 0) is 97.0 Å². The Morgan fingerprint density at radius 2 is 1.86 bits per heavy atom. The average molecular weight is 651 g/mol. The molecule has 0 amide bonds. The number of rotatable bonds is 14. The van der Waals surface area contributed by atoms with Gasteiger partial charge in [0.05, 0.1) is 23.1 Å². The van der Waals surface area contributed by atoms with Crippen LogP contribution in [0.5, 0.6) is 17.2 Å². The van der Waals surface area contributed by atoms with Crippen molar-refractivity contribution in [3.63, 3.8) is 0 Å². The average Bonchev–Trinajstić information content (AvgIpc) is 2.98. The smallest absolute Gasteiger partial charge is 0.175 e. The number of likely N-dealkylation sites (N-methyl/N-ethyl adjacent to an activating group) is 1. The van der Waals surface area contributed by atoms with E-state index in [1.807, 2.05) is 50.2 Å². The van der Waals surface area contributed by atoms with Crippen molar-refractivity contribution in [2.75, 3.05) is 32.8 Å². The van der Waals surface area contributed by atoms with Crippen molar-refractivity contribution in [1.82, 2.24) is 4.90 Å². The first-order valence-corrected chi connectivity index (χ1v) is 16.4. The molecule has 2 aliphatic rings. The van der Waals surface area contributed by atoms with Crippen molar-refractivity contribution < 1.29 is 19.0 Å². The van der Waals surface area contributed by atoms with Crippen molar-refractivity contribution in [3.8, 4) is 23.3 Å². The Hall–Kier alpha value is -3.15. The van der Waals surface area contributed by atoms with Gasteiger partial charge in [0.25, 0.3) is 0 Å². The molecule has 43 heavy (non-hydrogen) atoms. The van der Waals surface area contributed by atoms with Crippen LogP contribution in [0.25, 0.3) is 0 Å². The Bertz CT molecular complexity index is 1390. The number of hydrogen-bond acceptors (Lipinski definition) is 7. The van der Waals surface area contributed by atoms with Crippen LogP contribution >= 0.6 is 15.9 Å². The molecule has 4 rings (SSSR count). The van der Waals surface area contributed by atoms with E-state index in [1.54, 1.807) is 0 Å². The summed E-state index contributed by atoms with van der Waals surface area (Å²) in [5.41, 5.74) is 4.11. The largest absolute Gasteiger partial charge is 0.492 e. The van der Waals surface area contributed by atoms with Crippen LogP contribution in [-0.2, 0) is 11.4 Å². The first-order valence-electron chi connectivity index (χ1n) is 15.6. The van der Waals surface area contributed by atoms with Gasteiger partial charge in [-0.15, -0.1) is 0 Å². The van der Waals surface area contributed by atoms with Crippen LogP contribution in [0.4, 0.5) is 0 Å². The van der Waals surface area contributed by atoms with E-state index in [0.717, 1.165) is 67.2 Å². The second-order valence-electron chi connectivity index (χ2n) is 11.3. The van der Waals surface area contributed by atoms with E-state index in [4.69, 9.17) is 19.2 Å². The summed E-state index contributed by atoms with van der Waals surface area (Å²) in [5, 5.41) is 10.2. The van der Waals surface area contributed by atoms with Crippen LogP contribution in [0.15, 0.2) is 57.1 Å². The molecule has 0 spiro atoms. The molecule has 0 fully saturated rings. The molecule has 230 valence electrons. The van der Waals surface area contributed by atoms with Gasteiger partial charge in [0.1, 0.15) is 19.0 Å². The zero-order valence-corrected chi connectivity index (χ0v) is 27.7. The standard InChI is InChI=1S/C35H44BrN3O4/c1-6-11-24-17-30-34(31(40)18-24)33(28(21-37)23(5)38-30)26-19-29(36)35(32(20-26)41-9-4)43-22-25-12-10-13-27(16-25)42-15-14-39(7-2)8-3/h10,12-13,16,19-20,24,28,33H,6-9,11,14-15,17-18,22H2,1-5H3. The maximum Gasteiger partial charge on any atom is 0.175 e. The number of benzene rings is 2. The fourth-order valence-corrected chi connectivity index (χ4v) is 6.73. The molecular formula is C35H44BrN3O4. The minimum Gasteiger partial charge on any atom is -0.492 e. The molecule has 0 saturated carbocycles. The van der Waals surface area contributed by atoms with Crippen LogP contribution < -0.4 is 14.2 Å². The highest BCUT2D eigenvalue weighted by atomic mass is 79.9. The van der Waals surface area contributed by atoms with Crippen molar-refractivity contribution in [2.24, 2.45) is 16.8 Å². The number of nitrogens with zero attached hydrogens (tertiary/aromatic N) is 3. The number of carbonyl (C=O) groups excluding carboxylic acids is 1. The van der Waals surface area contributed by atoms with Gasteiger partial charge in [-0.25, -0.2) is 0 Å². The summed E-state index contributed by atoms with van der Waals surface area (Å²) in [5.74, 6) is 1.46. The third kappa shape index (κ3) is 7.87. The molecule has 0 radical (unpaired) electrons. The highest BCUT2D eigenvalue weighted by Gasteiger charge is 2.41. The summed E-state index contributed by atoms with van der Waals surface area (Å²) in [7, 11) is 0. The second kappa shape index (κ2) is 15.5. The van der Waals surface area contributed by atoms with Crippen LogP contribution in [0, 0.1) is 23.2 Å². The number of ether oxygens (including phenoxy) is 3. The summed E-state index contributed by atoms with van der Waals surface area (Å²) < 4.78 is 19.1. The maximum absolute atomic E-state index is 13.5. The normalized spacial score (nSPS) is 20.0. The van der Waals surface area contributed by atoms with Gasteiger partial charge in [-0.3, -0.25) is 9.79 Å². The van der Waals surface area contributed by atoms with Crippen molar-refractivity contribution >= 4 is 27.4 Å². The summed E-state index contributed by atoms with van der Waals surface area (Å²) in [6.07, 6.45) is 3.32. The first-order chi connectivity index (χ1) is 20.8. The Kier molecular flexibility index (Phi) is 11.8. The lowest BCUT2D eigenvalue weighted by Gasteiger charge is -2.35. The Morgan fingerprint density at radius 1 is 1.07 bits per heavy atom. The van der Waals surface area contributed by atoms with Gasteiger partial charge in [0.2, 0.25) is 0 Å². The van der Waals surface area contributed by atoms with Gasteiger partial charge < -0.3 is 19.1 Å². The van der Waals surface area contributed by atoms with Crippen LogP contribution in [0.2, 0.25) is 0 Å². The number of carbonyl (C=O) groups is 1. The van der Waals surface area contributed by atoms with Crippen LogP contribution in [0.1, 0.15) is 77.3 Å². The molecule has 8 heteroatoms. The van der Waals surface area contributed by atoms with E-state index in [1.165, 1.54) is 0 Å². The van der Waals surface area contributed by atoms with Gasteiger partial charge in [0.15, 0.2) is 17.3 Å². The molecule has 3 atom stereocenters. The Labute approximate surface area is 265 Å². The van der Waals surface area contributed by atoms with Crippen LogP contribution in [-0.4, -0.2) is 49.2 Å². The maximum atomic E-state index is 13.5. The molecule has 0 N–H and O–H groups in total. The summed E-state index contributed by atoms with van der Waals surface area (Å²) in [6.45, 7) is 14.6. The van der Waals surface area contributed by atoms with E-state index in [-0.39, 0.29) is 5.78 Å². The predicted octanol–water partition coefficient (Wildman–Crippen LogP) is 7.88. The number of hydrogen-bond donors (Lipinski definition) is 0. The van der Waals surface area contributed by atoms with E-state index in [2.05, 4.69) is 47.7 Å². The molecule has 2 aromatic carbocycles. The molecule has 0 saturated heterocycles. The molecule has 0 bridgehead atoms. The predicted molar refractivity (Wildman–Crippen MR) is 174 cm³/mol. The molecular weight excluding hydrogens is 606 g/mol. The van der Waals surface area contributed by atoms with Crippen molar-refractivity contribution in [2.45, 2.75) is 72.8 Å². The number of aliphatic imine (C=N–C) groups is 1. The number of nitriles is 1. The van der Waals surface area contributed by atoms with Crippen LogP contribution in [0.3, 0.4) is 0 Å². The topological polar surface area (TPSA) is 84.2 Å². The van der Waals surface area contributed by atoms with E-state index in [9.17, 15) is 10.1 Å². The summed E-state index contributed by atoms with van der Waals surface area (Å²) in [6, 6.07) is 14.3. The lowest BCUT2D eigenvalue weighted by atomic mass is 9.70. The Morgan fingerprint density at radius 3 is 2.56 bits per heavy atom. The lowest BCUT2D eigenvalue weighted by molar-refractivity contribution is -0.117. The summed E-state index contributed by atoms with van der Waals surface area (Å²) >= 11 is 3.73. The van der Waals surface area contributed by atoms with E-state index >= 15 is 0 Å². The Balaban J connectivity index is 1.58. The molecule has 1 aliphatic heterocycles. The second-order valence-corrected chi connectivity index (χ2v) is 12.1. The third-order valence-corrected chi connectivity index (χ3v) is 8.94. The number of halogens is 1. The van der Waals surface area contributed by atoms with E-state index in [0.29, 0.717) is 53.7 Å². The molecule has 3 unspecified atom stereocenters. The minimum atomic E-state index is -0.525. The van der Waals surface area contributed by atoms with Crippen molar-refractivity contribution in [1.29, 1.82) is 5.26 Å². The fourth-order valence-electron chi connectivity index (χ4n) is 6.16. The zero-order valence-electron chi connectivity index (χ0n) is 26.1.